The lowest BCUT2D eigenvalue weighted by Crippen LogP contribution is -2.53. The van der Waals surface area contributed by atoms with Gasteiger partial charge in [0, 0.05) is 32.3 Å². The Morgan fingerprint density at radius 3 is 2.61 bits per heavy atom. The van der Waals surface area contributed by atoms with E-state index in [0.717, 1.165) is 19.4 Å². The first kappa shape index (κ1) is 17.4. The Balaban J connectivity index is 4.12. The highest BCUT2D eigenvalue weighted by Crippen LogP contribution is 2.12. The maximum atomic E-state index is 11.8. The average molecular weight is 259 g/mol. The first-order valence-electron chi connectivity index (χ1n) is 6.68. The zero-order valence-electron chi connectivity index (χ0n) is 12.3. The minimum absolute atomic E-state index is 0.0566. The van der Waals surface area contributed by atoms with Gasteiger partial charge in [-0.2, -0.15) is 0 Å². The van der Waals surface area contributed by atoms with Crippen molar-refractivity contribution >= 4 is 5.91 Å². The van der Waals surface area contributed by atoms with Crippen LogP contribution >= 0.6 is 0 Å². The first-order valence-corrected chi connectivity index (χ1v) is 6.68. The molecule has 0 radical (unpaired) electrons. The maximum absolute atomic E-state index is 11.8. The summed E-state index contributed by atoms with van der Waals surface area (Å²) < 4.78 is 4.94. The second-order valence-electron chi connectivity index (χ2n) is 5.13. The van der Waals surface area contributed by atoms with E-state index in [1.54, 1.807) is 7.11 Å². The van der Waals surface area contributed by atoms with Gasteiger partial charge in [0.05, 0.1) is 6.54 Å². The van der Waals surface area contributed by atoms with Crippen molar-refractivity contribution in [2.45, 2.75) is 39.2 Å². The summed E-state index contributed by atoms with van der Waals surface area (Å²) in [4.78, 5) is 14.0. The second-order valence-corrected chi connectivity index (χ2v) is 5.13. The lowest BCUT2D eigenvalue weighted by Gasteiger charge is -2.37. The number of hydrogen-bond acceptors (Lipinski definition) is 4. The molecular formula is C13H29N3O2. The van der Waals surface area contributed by atoms with Gasteiger partial charge in [0.2, 0.25) is 5.91 Å². The molecule has 0 bridgehead atoms. The highest BCUT2D eigenvalue weighted by Gasteiger charge is 2.25. The SMILES string of the molecule is CCCN(CC(=O)NCCCOC)C(C)(C)CN. The number of carbonyl (C=O) groups is 1. The summed E-state index contributed by atoms with van der Waals surface area (Å²) in [6.45, 7) is 9.42. The van der Waals surface area contributed by atoms with Gasteiger partial charge in [-0.3, -0.25) is 9.69 Å². The molecule has 0 aliphatic heterocycles. The standard InChI is InChI=1S/C13H29N3O2/c1-5-8-16(13(2,3)11-14)10-12(17)15-7-6-9-18-4/h5-11,14H2,1-4H3,(H,15,17). The number of nitrogens with two attached hydrogens (primary N) is 1. The predicted octanol–water partition coefficient (Wildman–Crippen LogP) is 0.588. The molecule has 0 saturated heterocycles. The van der Waals surface area contributed by atoms with Gasteiger partial charge in [0.15, 0.2) is 0 Å². The number of carbonyl (C=O) groups excluding carboxylic acids is 1. The fraction of sp³-hybridized carbons (Fsp3) is 0.923. The second kappa shape index (κ2) is 9.30. The predicted molar refractivity (Wildman–Crippen MR) is 74.5 cm³/mol. The molecule has 0 aromatic rings. The summed E-state index contributed by atoms with van der Waals surface area (Å²) in [7, 11) is 1.66. The molecule has 0 aromatic heterocycles. The van der Waals surface area contributed by atoms with Crippen LogP contribution in [0.25, 0.3) is 0 Å². The number of rotatable bonds is 10. The molecule has 18 heavy (non-hydrogen) atoms. The largest absolute Gasteiger partial charge is 0.385 e. The molecule has 0 spiro atoms. The molecule has 0 unspecified atom stereocenters. The Kier molecular flexibility index (Phi) is 8.97. The summed E-state index contributed by atoms with van der Waals surface area (Å²) in [5.41, 5.74) is 5.62. The zero-order chi connectivity index (χ0) is 14.0. The van der Waals surface area contributed by atoms with Crippen molar-refractivity contribution < 1.29 is 9.53 Å². The van der Waals surface area contributed by atoms with E-state index in [-0.39, 0.29) is 11.4 Å². The number of nitrogens with zero attached hydrogens (tertiary/aromatic N) is 1. The Hall–Kier alpha value is -0.650. The van der Waals surface area contributed by atoms with E-state index in [2.05, 4.69) is 31.0 Å². The number of ether oxygens (including phenoxy) is 1. The molecule has 0 saturated carbocycles. The minimum atomic E-state index is -0.139. The van der Waals surface area contributed by atoms with Crippen molar-refractivity contribution in [1.82, 2.24) is 10.2 Å². The third-order valence-electron chi connectivity index (χ3n) is 3.03. The number of nitrogens with one attached hydrogen (secondary N) is 1. The summed E-state index contributed by atoms with van der Waals surface area (Å²) in [6, 6.07) is 0. The van der Waals surface area contributed by atoms with E-state index in [9.17, 15) is 4.79 Å². The van der Waals surface area contributed by atoms with Gasteiger partial charge in [-0.15, -0.1) is 0 Å². The Morgan fingerprint density at radius 2 is 2.11 bits per heavy atom. The van der Waals surface area contributed by atoms with E-state index in [1.807, 2.05) is 0 Å². The van der Waals surface area contributed by atoms with Gasteiger partial charge in [-0.25, -0.2) is 0 Å². The highest BCUT2D eigenvalue weighted by atomic mass is 16.5. The average Bonchev–Trinajstić information content (AvgIpc) is 2.34. The summed E-state index contributed by atoms with van der Waals surface area (Å²) in [5, 5.41) is 2.90. The van der Waals surface area contributed by atoms with Gasteiger partial charge in [0.1, 0.15) is 0 Å². The molecule has 0 atom stereocenters. The third kappa shape index (κ3) is 6.93. The maximum Gasteiger partial charge on any atom is 0.234 e. The van der Waals surface area contributed by atoms with Crippen molar-refractivity contribution in [2.24, 2.45) is 5.73 Å². The van der Waals surface area contributed by atoms with E-state index in [1.165, 1.54) is 0 Å². The van der Waals surface area contributed by atoms with Crippen molar-refractivity contribution in [3.63, 3.8) is 0 Å². The van der Waals surface area contributed by atoms with Crippen LogP contribution in [-0.2, 0) is 9.53 Å². The summed E-state index contributed by atoms with van der Waals surface area (Å²) in [5.74, 6) is 0.0566. The van der Waals surface area contributed by atoms with Crippen LogP contribution in [0.3, 0.4) is 0 Å². The zero-order valence-corrected chi connectivity index (χ0v) is 12.3. The van der Waals surface area contributed by atoms with Crippen molar-refractivity contribution in [2.75, 3.05) is 39.9 Å². The van der Waals surface area contributed by atoms with E-state index in [0.29, 0.717) is 26.2 Å². The van der Waals surface area contributed by atoms with E-state index in [4.69, 9.17) is 10.5 Å². The quantitative estimate of drug-likeness (QED) is 0.563. The van der Waals surface area contributed by atoms with Crippen molar-refractivity contribution in [3.05, 3.63) is 0 Å². The van der Waals surface area contributed by atoms with E-state index < -0.39 is 0 Å². The fourth-order valence-corrected chi connectivity index (χ4v) is 1.67. The van der Waals surface area contributed by atoms with E-state index >= 15 is 0 Å². The van der Waals surface area contributed by atoms with Gasteiger partial charge >= 0.3 is 0 Å². The molecule has 108 valence electrons. The number of amides is 1. The molecule has 0 aromatic carbocycles. The first-order chi connectivity index (χ1) is 8.47. The molecule has 0 aliphatic carbocycles. The molecule has 0 rings (SSSR count). The van der Waals surface area contributed by atoms with Crippen LogP contribution in [0.15, 0.2) is 0 Å². The van der Waals surface area contributed by atoms with Crippen molar-refractivity contribution in [3.8, 4) is 0 Å². The van der Waals surface area contributed by atoms with Crippen molar-refractivity contribution in [1.29, 1.82) is 0 Å². The van der Waals surface area contributed by atoms with Gasteiger partial charge in [-0.1, -0.05) is 6.92 Å². The lowest BCUT2D eigenvalue weighted by molar-refractivity contribution is -0.123. The number of methoxy groups -OCH3 is 1. The van der Waals surface area contributed by atoms with Crippen LogP contribution in [0.2, 0.25) is 0 Å². The molecular weight excluding hydrogens is 230 g/mol. The third-order valence-corrected chi connectivity index (χ3v) is 3.03. The van der Waals surface area contributed by atoms with Crippen LogP contribution in [0.4, 0.5) is 0 Å². The van der Waals surface area contributed by atoms with Crippen LogP contribution in [0.1, 0.15) is 33.6 Å². The van der Waals surface area contributed by atoms with Crippen LogP contribution in [0, 0.1) is 0 Å². The van der Waals surface area contributed by atoms with Crippen LogP contribution in [-0.4, -0.2) is 56.2 Å². The minimum Gasteiger partial charge on any atom is -0.385 e. The molecule has 0 heterocycles. The fourth-order valence-electron chi connectivity index (χ4n) is 1.67. The topological polar surface area (TPSA) is 67.6 Å². The monoisotopic (exact) mass is 259 g/mol. The molecule has 1 amide bonds. The molecule has 5 heteroatoms. The Morgan fingerprint density at radius 1 is 1.44 bits per heavy atom. The van der Waals surface area contributed by atoms with Crippen LogP contribution in [0.5, 0.6) is 0 Å². The van der Waals surface area contributed by atoms with Gasteiger partial charge in [0.25, 0.3) is 0 Å². The van der Waals surface area contributed by atoms with Gasteiger partial charge < -0.3 is 15.8 Å². The smallest absolute Gasteiger partial charge is 0.234 e. The summed E-state index contributed by atoms with van der Waals surface area (Å²) in [6.07, 6.45) is 1.86. The Bertz CT molecular complexity index is 232. The highest BCUT2D eigenvalue weighted by molar-refractivity contribution is 5.78. The lowest BCUT2D eigenvalue weighted by atomic mass is 10.0. The van der Waals surface area contributed by atoms with Crippen LogP contribution < -0.4 is 11.1 Å². The number of hydrogen-bond donors (Lipinski definition) is 2. The molecule has 0 fully saturated rings. The molecule has 5 nitrogen and oxygen atoms in total. The summed E-state index contributed by atoms with van der Waals surface area (Å²) >= 11 is 0. The molecule has 3 N–H and O–H groups in total. The molecule has 0 aliphatic rings. The normalized spacial score (nSPS) is 11.9. The van der Waals surface area contributed by atoms with Gasteiger partial charge in [-0.05, 0) is 33.2 Å². The Labute approximate surface area is 111 Å².